The number of thiazole rings is 1. The average Bonchev–Trinajstić information content (AvgIpc) is 2.57. The number of rotatable bonds is 8. The summed E-state index contributed by atoms with van der Waals surface area (Å²) in [5.41, 5.74) is 1.07. The lowest BCUT2D eigenvalue weighted by atomic mass is 10.1. The van der Waals surface area contributed by atoms with Crippen molar-refractivity contribution in [2.24, 2.45) is 0 Å². The standard InChI is InChI=1S/C14H23NOS/c1-4-5-6-7-8-9-13(16)10-14-15-11(2)12(3)17-14/h4-10H2,1-3H3. The van der Waals surface area contributed by atoms with Gasteiger partial charge in [-0.2, -0.15) is 0 Å². The van der Waals surface area contributed by atoms with Crippen LogP contribution in [-0.2, 0) is 11.2 Å². The summed E-state index contributed by atoms with van der Waals surface area (Å²) < 4.78 is 0. The van der Waals surface area contributed by atoms with Gasteiger partial charge in [0.25, 0.3) is 0 Å². The third kappa shape index (κ3) is 5.44. The molecule has 0 aliphatic carbocycles. The zero-order valence-electron chi connectivity index (χ0n) is 11.2. The third-order valence-corrected chi connectivity index (χ3v) is 4.05. The number of carbonyl (C=O) groups excluding carboxylic acids is 1. The highest BCUT2D eigenvalue weighted by molar-refractivity contribution is 7.11. The Hall–Kier alpha value is -0.700. The fourth-order valence-corrected chi connectivity index (χ4v) is 2.76. The van der Waals surface area contributed by atoms with Crippen LogP contribution >= 0.6 is 11.3 Å². The maximum absolute atomic E-state index is 11.7. The lowest BCUT2D eigenvalue weighted by Gasteiger charge is -1.99. The minimum absolute atomic E-state index is 0.343. The second kappa shape index (κ2) is 7.59. The molecule has 96 valence electrons. The van der Waals surface area contributed by atoms with Gasteiger partial charge in [-0.15, -0.1) is 11.3 Å². The maximum Gasteiger partial charge on any atom is 0.139 e. The molecule has 1 aromatic rings. The molecule has 1 aromatic heterocycles. The van der Waals surface area contributed by atoms with Gasteiger partial charge in [-0.05, 0) is 20.3 Å². The van der Waals surface area contributed by atoms with E-state index >= 15 is 0 Å². The van der Waals surface area contributed by atoms with Crippen LogP contribution in [0.5, 0.6) is 0 Å². The first-order chi connectivity index (χ1) is 8.13. The van der Waals surface area contributed by atoms with E-state index in [1.165, 1.54) is 30.6 Å². The zero-order chi connectivity index (χ0) is 12.7. The Morgan fingerprint density at radius 3 is 2.47 bits per heavy atom. The number of unbranched alkanes of at least 4 members (excludes halogenated alkanes) is 4. The quantitative estimate of drug-likeness (QED) is 0.649. The fraction of sp³-hybridized carbons (Fsp3) is 0.714. The van der Waals surface area contributed by atoms with Crippen molar-refractivity contribution in [3.8, 4) is 0 Å². The number of carbonyl (C=O) groups is 1. The van der Waals surface area contributed by atoms with Gasteiger partial charge in [-0.3, -0.25) is 4.79 Å². The van der Waals surface area contributed by atoms with Gasteiger partial charge in [0.15, 0.2) is 0 Å². The van der Waals surface area contributed by atoms with Crippen molar-refractivity contribution in [3.05, 3.63) is 15.6 Å². The molecule has 0 N–H and O–H groups in total. The highest BCUT2D eigenvalue weighted by atomic mass is 32.1. The molecule has 1 heterocycles. The van der Waals surface area contributed by atoms with E-state index < -0.39 is 0 Å². The molecule has 0 unspecified atom stereocenters. The SMILES string of the molecule is CCCCCCCC(=O)Cc1nc(C)c(C)s1. The van der Waals surface area contributed by atoms with Crippen molar-refractivity contribution < 1.29 is 4.79 Å². The van der Waals surface area contributed by atoms with Crippen LogP contribution in [0.15, 0.2) is 0 Å². The summed E-state index contributed by atoms with van der Waals surface area (Å²) in [6.45, 7) is 6.27. The highest BCUT2D eigenvalue weighted by Crippen LogP contribution is 2.17. The van der Waals surface area contributed by atoms with Gasteiger partial charge in [0.05, 0.1) is 12.1 Å². The molecule has 3 heteroatoms. The Balaban J connectivity index is 2.21. The first-order valence-corrected chi connectivity index (χ1v) is 7.39. The molecular formula is C14H23NOS. The van der Waals surface area contributed by atoms with Crippen LogP contribution in [0.4, 0.5) is 0 Å². The number of hydrogen-bond acceptors (Lipinski definition) is 3. The summed E-state index contributed by atoms with van der Waals surface area (Å²) in [4.78, 5) is 17.4. The number of aromatic nitrogens is 1. The van der Waals surface area contributed by atoms with Gasteiger partial charge >= 0.3 is 0 Å². The summed E-state index contributed by atoms with van der Waals surface area (Å²) in [7, 11) is 0. The Morgan fingerprint density at radius 1 is 1.18 bits per heavy atom. The maximum atomic E-state index is 11.7. The van der Waals surface area contributed by atoms with E-state index in [9.17, 15) is 4.79 Å². The van der Waals surface area contributed by atoms with Crippen molar-refractivity contribution in [3.63, 3.8) is 0 Å². The number of nitrogens with zero attached hydrogens (tertiary/aromatic N) is 1. The summed E-state index contributed by atoms with van der Waals surface area (Å²) in [5, 5.41) is 0.985. The summed E-state index contributed by atoms with van der Waals surface area (Å²) >= 11 is 1.66. The minimum Gasteiger partial charge on any atom is -0.299 e. The topological polar surface area (TPSA) is 30.0 Å². The Morgan fingerprint density at radius 2 is 1.88 bits per heavy atom. The van der Waals surface area contributed by atoms with E-state index in [0.29, 0.717) is 12.2 Å². The summed E-state index contributed by atoms with van der Waals surface area (Å²) in [5.74, 6) is 0.343. The average molecular weight is 253 g/mol. The predicted octanol–water partition coefficient (Wildman–Crippen LogP) is 4.23. The zero-order valence-corrected chi connectivity index (χ0v) is 12.0. The van der Waals surface area contributed by atoms with Gasteiger partial charge in [0.1, 0.15) is 10.8 Å². The number of hydrogen-bond donors (Lipinski definition) is 0. The monoisotopic (exact) mass is 253 g/mol. The van der Waals surface area contributed by atoms with Gasteiger partial charge in [-0.1, -0.05) is 32.6 Å². The van der Waals surface area contributed by atoms with Crippen LogP contribution in [-0.4, -0.2) is 10.8 Å². The largest absolute Gasteiger partial charge is 0.299 e. The van der Waals surface area contributed by atoms with E-state index in [1.54, 1.807) is 11.3 Å². The number of ketones is 1. The molecule has 17 heavy (non-hydrogen) atoms. The van der Waals surface area contributed by atoms with Gasteiger partial charge in [-0.25, -0.2) is 4.98 Å². The van der Waals surface area contributed by atoms with Crippen LogP contribution < -0.4 is 0 Å². The molecule has 0 aliphatic heterocycles. The molecule has 0 bridgehead atoms. The first kappa shape index (κ1) is 14.4. The van der Waals surface area contributed by atoms with Gasteiger partial charge in [0.2, 0.25) is 0 Å². The normalized spacial score (nSPS) is 10.8. The molecule has 0 spiro atoms. The van der Waals surface area contributed by atoms with Gasteiger partial charge < -0.3 is 0 Å². The lowest BCUT2D eigenvalue weighted by Crippen LogP contribution is -2.02. The third-order valence-electron chi connectivity index (χ3n) is 2.98. The van der Waals surface area contributed by atoms with Crippen molar-refractivity contribution in [2.45, 2.75) is 65.7 Å². The molecule has 0 atom stereocenters. The van der Waals surface area contributed by atoms with E-state index in [4.69, 9.17) is 0 Å². The second-order valence-electron chi connectivity index (χ2n) is 4.63. The van der Waals surface area contributed by atoms with Crippen LogP contribution in [0.1, 0.15) is 61.0 Å². The van der Waals surface area contributed by atoms with Crippen LogP contribution in [0.2, 0.25) is 0 Å². The molecule has 0 aromatic carbocycles. The number of Topliss-reactive ketones (excluding diaryl/α,β-unsaturated/α-hetero) is 1. The highest BCUT2D eigenvalue weighted by Gasteiger charge is 2.08. The smallest absolute Gasteiger partial charge is 0.139 e. The molecular weight excluding hydrogens is 230 g/mol. The van der Waals surface area contributed by atoms with E-state index in [0.717, 1.165) is 23.5 Å². The van der Waals surface area contributed by atoms with Crippen LogP contribution in [0, 0.1) is 13.8 Å². The Labute approximate surface area is 108 Å². The molecule has 0 fully saturated rings. The molecule has 0 saturated carbocycles. The van der Waals surface area contributed by atoms with Crippen molar-refractivity contribution >= 4 is 17.1 Å². The van der Waals surface area contributed by atoms with Crippen molar-refractivity contribution in [1.82, 2.24) is 4.98 Å². The lowest BCUT2D eigenvalue weighted by molar-refractivity contribution is -0.118. The summed E-state index contributed by atoms with van der Waals surface area (Å²) in [6, 6.07) is 0. The second-order valence-corrected chi connectivity index (χ2v) is 5.92. The van der Waals surface area contributed by atoms with Crippen molar-refractivity contribution in [1.29, 1.82) is 0 Å². The molecule has 0 amide bonds. The predicted molar refractivity (Wildman–Crippen MR) is 73.7 cm³/mol. The van der Waals surface area contributed by atoms with E-state index in [1.807, 2.05) is 6.92 Å². The van der Waals surface area contributed by atoms with Crippen molar-refractivity contribution in [2.75, 3.05) is 0 Å². The van der Waals surface area contributed by atoms with E-state index in [2.05, 4.69) is 18.8 Å². The molecule has 2 nitrogen and oxygen atoms in total. The van der Waals surface area contributed by atoms with E-state index in [-0.39, 0.29) is 0 Å². The van der Waals surface area contributed by atoms with Crippen LogP contribution in [0.3, 0.4) is 0 Å². The fourth-order valence-electron chi connectivity index (χ4n) is 1.80. The summed E-state index contributed by atoms with van der Waals surface area (Å²) in [6.07, 6.45) is 7.30. The number of aryl methyl sites for hydroxylation is 2. The molecule has 0 radical (unpaired) electrons. The Kier molecular flexibility index (Phi) is 6.41. The molecule has 1 rings (SSSR count). The molecule has 0 aliphatic rings. The Bertz CT molecular complexity index is 338. The van der Waals surface area contributed by atoms with Gasteiger partial charge in [0, 0.05) is 11.3 Å². The minimum atomic E-state index is 0.343. The molecule has 0 saturated heterocycles. The van der Waals surface area contributed by atoms with Crippen LogP contribution in [0.25, 0.3) is 0 Å². The first-order valence-electron chi connectivity index (χ1n) is 6.58.